The summed E-state index contributed by atoms with van der Waals surface area (Å²) in [5, 5.41) is 4.45. The van der Waals surface area contributed by atoms with Crippen LogP contribution in [0.1, 0.15) is 15.9 Å². The molecule has 22 heavy (non-hydrogen) atoms. The molecule has 0 saturated carbocycles. The molecule has 1 N–H and O–H groups in total. The molecule has 0 atom stereocenters. The number of aromatic nitrogens is 1. The molecule has 0 fully saturated rings. The number of hydrazone groups is 1. The maximum Gasteiger partial charge on any atom is 0.271 e. The van der Waals surface area contributed by atoms with Crippen LogP contribution in [0.25, 0.3) is 6.08 Å². The van der Waals surface area contributed by atoms with Gasteiger partial charge in [-0.1, -0.05) is 11.6 Å². The number of hydrogen-bond donors (Lipinski definition) is 1. The zero-order valence-corrected chi connectivity index (χ0v) is 12.6. The molecule has 0 aliphatic heterocycles. The van der Waals surface area contributed by atoms with Gasteiger partial charge in [-0.25, -0.2) is 5.43 Å². The van der Waals surface area contributed by atoms with Gasteiger partial charge in [-0.05, 0) is 42.5 Å². The normalized spacial score (nSPS) is 11.0. The minimum Gasteiger partial charge on any atom is -0.496 e. The first-order valence-corrected chi connectivity index (χ1v) is 6.82. The number of amides is 1. The average Bonchev–Trinajstić information content (AvgIpc) is 2.55. The Labute approximate surface area is 133 Å². The number of halogens is 1. The Morgan fingerprint density at radius 1 is 1.32 bits per heavy atom. The van der Waals surface area contributed by atoms with Crippen LogP contribution in [-0.4, -0.2) is 24.2 Å². The van der Waals surface area contributed by atoms with E-state index in [2.05, 4.69) is 15.5 Å². The summed E-state index contributed by atoms with van der Waals surface area (Å²) in [6.07, 6.45) is 8.03. The fraction of sp³-hybridized carbons (Fsp3) is 0.0625. The van der Waals surface area contributed by atoms with Gasteiger partial charge < -0.3 is 4.74 Å². The molecule has 1 amide bonds. The maximum absolute atomic E-state index is 11.7. The van der Waals surface area contributed by atoms with E-state index in [4.69, 9.17) is 16.3 Å². The predicted molar refractivity (Wildman–Crippen MR) is 87.2 cm³/mol. The number of carbonyl (C=O) groups is 1. The monoisotopic (exact) mass is 315 g/mol. The second kappa shape index (κ2) is 7.95. The Bertz CT molecular complexity index is 700. The van der Waals surface area contributed by atoms with Crippen molar-refractivity contribution in [1.82, 2.24) is 10.4 Å². The lowest BCUT2D eigenvalue weighted by Crippen LogP contribution is -2.17. The van der Waals surface area contributed by atoms with Crippen molar-refractivity contribution in [2.75, 3.05) is 7.11 Å². The van der Waals surface area contributed by atoms with E-state index < -0.39 is 0 Å². The Morgan fingerprint density at radius 2 is 2.09 bits per heavy atom. The molecule has 0 radical (unpaired) electrons. The van der Waals surface area contributed by atoms with E-state index in [1.165, 1.54) is 6.21 Å². The van der Waals surface area contributed by atoms with Gasteiger partial charge in [0.15, 0.2) is 0 Å². The molecule has 1 heterocycles. The second-order valence-electron chi connectivity index (χ2n) is 4.20. The third-order valence-corrected chi connectivity index (χ3v) is 2.97. The van der Waals surface area contributed by atoms with Crippen LogP contribution in [0.4, 0.5) is 0 Å². The number of pyridine rings is 1. The number of methoxy groups -OCH3 is 1. The van der Waals surface area contributed by atoms with E-state index in [9.17, 15) is 4.79 Å². The summed E-state index contributed by atoms with van der Waals surface area (Å²) in [6.45, 7) is 0. The minimum atomic E-state index is -0.299. The summed E-state index contributed by atoms with van der Waals surface area (Å²) in [5.41, 5.74) is 3.73. The lowest BCUT2D eigenvalue weighted by molar-refractivity contribution is 0.0955. The molecule has 0 unspecified atom stereocenters. The first-order chi connectivity index (χ1) is 10.7. The van der Waals surface area contributed by atoms with Gasteiger partial charge in [0.25, 0.3) is 5.91 Å². The number of allylic oxidation sites excluding steroid dienone is 1. The number of carbonyl (C=O) groups excluding carboxylic acids is 1. The van der Waals surface area contributed by atoms with Crippen molar-refractivity contribution in [1.29, 1.82) is 0 Å². The average molecular weight is 316 g/mol. The molecule has 5 nitrogen and oxygen atoms in total. The van der Waals surface area contributed by atoms with Crippen LogP contribution in [0.3, 0.4) is 0 Å². The molecule has 0 aliphatic carbocycles. The van der Waals surface area contributed by atoms with E-state index in [0.717, 1.165) is 5.56 Å². The van der Waals surface area contributed by atoms with Crippen LogP contribution in [-0.2, 0) is 0 Å². The van der Waals surface area contributed by atoms with Crippen LogP contribution in [0, 0.1) is 0 Å². The van der Waals surface area contributed by atoms with Crippen LogP contribution < -0.4 is 10.2 Å². The molecule has 0 saturated heterocycles. The van der Waals surface area contributed by atoms with Gasteiger partial charge in [-0.15, -0.1) is 0 Å². The van der Waals surface area contributed by atoms with Crippen molar-refractivity contribution in [2.24, 2.45) is 5.10 Å². The summed E-state index contributed by atoms with van der Waals surface area (Å²) in [5.74, 6) is 0.405. The fourth-order valence-corrected chi connectivity index (χ4v) is 1.87. The number of nitrogens with zero attached hydrogens (tertiary/aromatic N) is 2. The molecular formula is C16H14ClN3O2. The largest absolute Gasteiger partial charge is 0.496 e. The SMILES string of the molecule is COc1ccc(Cl)cc1/C=C\C=N\NC(=O)c1ccncc1. The highest BCUT2D eigenvalue weighted by molar-refractivity contribution is 6.30. The number of rotatable bonds is 5. The Kier molecular flexibility index (Phi) is 5.68. The Morgan fingerprint density at radius 3 is 2.82 bits per heavy atom. The third-order valence-electron chi connectivity index (χ3n) is 2.74. The van der Waals surface area contributed by atoms with Gasteiger partial charge >= 0.3 is 0 Å². The highest BCUT2D eigenvalue weighted by atomic mass is 35.5. The van der Waals surface area contributed by atoms with Gasteiger partial charge in [0.05, 0.1) is 7.11 Å². The lowest BCUT2D eigenvalue weighted by Gasteiger charge is -2.04. The van der Waals surface area contributed by atoms with Gasteiger partial charge in [0.2, 0.25) is 0 Å². The number of benzene rings is 1. The quantitative estimate of drug-likeness (QED) is 0.681. The van der Waals surface area contributed by atoms with Crippen molar-refractivity contribution in [3.05, 3.63) is 65.0 Å². The first kappa shape index (κ1) is 15.7. The molecule has 1 aromatic carbocycles. The lowest BCUT2D eigenvalue weighted by atomic mass is 10.2. The maximum atomic E-state index is 11.7. The van der Waals surface area contributed by atoms with Crippen LogP contribution >= 0.6 is 11.6 Å². The molecule has 2 rings (SSSR count). The van der Waals surface area contributed by atoms with Gasteiger partial charge in [0, 0.05) is 34.8 Å². The summed E-state index contributed by atoms with van der Waals surface area (Å²) in [6, 6.07) is 8.53. The summed E-state index contributed by atoms with van der Waals surface area (Å²) in [4.78, 5) is 15.6. The van der Waals surface area contributed by atoms with Crippen LogP contribution in [0.2, 0.25) is 5.02 Å². The highest BCUT2D eigenvalue weighted by Gasteiger charge is 2.01. The predicted octanol–water partition coefficient (Wildman–Crippen LogP) is 3.17. The fourth-order valence-electron chi connectivity index (χ4n) is 1.69. The molecule has 112 valence electrons. The van der Waals surface area contributed by atoms with Crippen molar-refractivity contribution < 1.29 is 9.53 Å². The molecule has 6 heteroatoms. The van der Waals surface area contributed by atoms with Gasteiger partial charge in [-0.3, -0.25) is 9.78 Å². The Hall–Kier alpha value is -2.66. The van der Waals surface area contributed by atoms with Crippen molar-refractivity contribution in [2.45, 2.75) is 0 Å². The molecule has 0 spiro atoms. The first-order valence-electron chi connectivity index (χ1n) is 6.44. The van der Waals surface area contributed by atoms with Gasteiger partial charge in [-0.2, -0.15) is 5.10 Å². The zero-order valence-electron chi connectivity index (χ0n) is 11.9. The van der Waals surface area contributed by atoms with Crippen molar-refractivity contribution >= 4 is 29.8 Å². The number of hydrogen-bond acceptors (Lipinski definition) is 4. The third kappa shape index (κ3) is 4.43. The van der Waals surface area contributed by atoms with Gasteiger partial charge in [0.1, 0.15) is 5.75 Å². The molecule has 2 aromatic rings. The zero-order chi connectivity index (χ0) is 15.8. The van der Waals surface area contributed by atoms with E-state index in [0.29, 0.717) is 16.3 Å². The molecule has 0 aliphatic rings. The van der Waals surface area contributed by atoms with Crippen LogP contribution in [0.5, 0.6) is 5.75 Å². The van der Waals surface area contributed by atoms with Crippen LogP contribution in [0.15, 0.2) is 53.9 Å². The van der Waals surface area contributed by atoms with Crippen molar-refractivity contribution in [3.8, 4) is 5.75 Å². The molecular weight excluding hydrogens is 302 g/mol. The van der Waals surface area contributed by atoms with Crippen molar-refractivity contribution in [3.63, 3.8) is 0 Å². The van der Waals surface area contributed by atoms with E-state index in [1.54, 1.807) is 62.0 Å². The standard InChI is InChI=1S/C16H14ClN3O2/c1-22-15-5-4-14(17)11-13(15)3-2-8-19-20-16(21)12-6-9-18-10-7-12/h2-11H,1H3,(H,20,21)/b3-2-,19-8+. The highest BCUT2D eigenvalue weighted by Crippen LogP contribution is 2.23. The van der Waals surface area contributed by atoms with E-state index >= 15 is 0 Å². The summed E-state index contributed by atoms with van der Waals surface area (Å²) < 4.78 is 5.22. The Balaban J connectivity index is 1.95. The summed E-state index contributed by atoms with van der Waals surface area (Å²) in [7, 11) is 1.59. The minimum absolute atomic E-state index is 0.299. The molecule has 1 aromatic heterocycles. The number of nitrogens with one attached hydrogen (secondary N) is 1. The topological polar surface area (TPSA) is 63.6 Å². The molecule has 0 bridgehead atoms. The van der Waals surface area contributed by atoms with E-state index in [1.807, 2.05) is 0 Å². The number of ether oxygens (including phenoxy) is 1. The smallest absolute Gasteiger partial charge is 0.271 e. The van der Waals surface area contributed by atoms with E-state index in [-0.39, 0.29) is 5.91 Å². The summed E-state index contributed by atoms with van der Waals surface area (Å²) >= 11 is 5.94. The second-order valence-corrected chi connectivity index (χ2v) is 4.64.